The van der Waals surface area contributed by atoms with E-state index in [2.05, 4.69) is 4.99 Å². The normalized spacial score (nSPS) is 17.1. The summed E-state index contributed by atoms with van der Waals surface area (Å²) in [5.74, 6) is 0.109. The zero-order chi connectivity index (χ0) is 7.40. The first kappa shape index (κ1) is 6.99. The summed E-state index contributed by atoms with van der Waals surface area (Å²) in [6.07, 6.45) is 3.12. The maximum atomic E-state index is 10.9. The maximum Gasteiger partial charge on any atom is 0.258 e. The van der Waals surface area contributed by atoms with E-state index in [9.17, 15) is 4.79 Å². The summed E-state index contributed by atoms with van der Waals surface area (Å²) < 4.78 is 4.92. The lowest BCUT2D eigenvalue weighted by Gasteiger charge is -1.92. The molecule has 0 saturated heterocycles. The Bertz CT molecular complexity index is 194. The summed E-state index contributed by atoms with van der Waals surface area (Å²) >= 11 is 0. The lowest BCUT2D eigenvalue weighted by molar-refractivity contribution is -0.110. The van der Waals surface area contributed by atoms with Gasteiger partial charge in [0.05, 0.1) is 6.54 Å². The molecule has 0 aliphatic carbocycles. The maximum absolute atomic E-state index is 10.9. The van der Waals surface area contributed by atoms with Crippen LogP contribution in [0.1, 0.15) is 6.92 Å². The molecule has 10 heavy (non-hydrogen) atoms. The van der Waals surface area contributed by atoms with E-state index in [1.165, 1.54) is 6.08 Å². The van der Waals surface area contributed by atoms with Crippen molar-refractivity contribution in [3.8, 4) is 0 Å². The Morgan fingerprint density at radius 3 is 3.10 bits per heavy atom. The Labute approximate surface area is 59.4 Å². The van der Waals surface area contributed by atoms with Gasteiger partial charge in [-0.05, 0) is 13.0 Å². The van der Waals surface area contributed by atoms with Crippen LogP contribution in [0, 0.1) is 0 Å². The number of carbonyl (C=O) groups excluding carboxylic acids is 1. The molecule has 54 valence electrons. The third-order valence-electron chi connectivity index (χ3n) is 1.11. The number of rotatable bonds is 2. The summed E-state index contributed by atoms with van der Waals surface area (Å²) in [5, 5.41) is 0. The molecular weight excluding hydrogens is 130 g/mol. The molecule has 0 bridgehead atoms. The van der Waals surface area contributed by atoms with Crippen LogP contribution in [0.5, 0.6) is 0 Å². The molecule has 3 heteroatoms. The highest BCUT2D eigenvalue weighted by Crippen LogP contribution is 1.95. The van der Waals surface area contributed by atoms with Crippen LogP contribution in [0.15, 0.2) is 17.1 Å². The Hall–Kier alpha value is -1.12. The topological polar surface area (TPSA) is 38.7 Å². The van der Waals surface area contributed by atoms with Crippen molar-refractivity contribution in [2.75, 3.05) is 13.2 Å². The summed E-state index contributed by atoms with van der Waals surface area (Å²) in [6, 6.07) is 0. The van der Waals surface area contributed by atoms with Crippen LogP contribution < -0.4 is 0 Å². The van der Waals surface area contributed by atoms with E-state index in [1.807, 2.05) is 0 Å². The Kier molecular flexibility index (Phi) is 2.20. The van der Waals surface area contributed by atoms with Crippen LogP contribution in [0.4, 0.5) is 0 Å². The molecule has 0 fully saturated rings. The van der Waals surface area contributed by atoms with Gasteiger partial charge in [0, 0.05) is 0 Å². The molecule has 0 aromatic rings. The molecule has 0 radical (unpaired) electrons. The third-order valence-corrected chi connectivity index (χ3v) is 1.11. The van der Waals surface area contributed by atoms with Crippen LogP contribution in [0.25, 0.3) is 0 Å². The molecule has 1 heterocycles. The van der Waals surface area contributed by atoms with Crippen molar-refractivity contribution < 1.29 is 9.53 Å². The van der Waals surface area contributed by atoms with Crippen molar-refractivity contribution in [2.24, 2.45) is 4.99 Å². The summed E-state index contributed by atoms with van der Waals surface area (Å²) in [7, 11) is 0. The molecule has 3 nitrogen and oxygen atoms in total. The highest BCUT2D eigenvalue weighted by Gasteiger charge is 2.12. The number of aliphatic imine (C=N–C) groups is 1. The zero-order valence-corrected chi connectivity index (χ0v) is 5.83. The van der Waals surface area contributed by atoms with E-state index in [0.29, 0.717) is 13.2 Å². The van der Waals surface area contributed by atoms with Gasteiger partial charge in [0.15, 0.2) is 0 Å². The number of ether oxygens (including phenoxy) is 1. The lowest BCUT2D eigenvalue weighted by Crippen LogP contribution is -2.10. The fourth-order valence-corrected chi connectivity index (χ4v) is 0.707. The van der Waals surface area contributed by atoms with Crippen molar-refractivity contribution in [2.45, 2.75) is 6.92 Å². The van der Waals surface area contributed by atoms with E-state index < -0.39 is 0 Å². The first-order valence-electron chi connectivity index (χ1n) is 3.19. The van der Waals surface area contributed by atoms with Crippen molar-refractivity contribution in [1.82, 2.24) is 0 Å². The molecule has 0 N–H and O–H groups in total. The van der Waals surface area contributed by atoms with Crippen molar-refractivity contribution in [3.05, 3.63) is 12.2 Å². The molecule has 1 aliphatic heterocycles. The van der Waals surface area contributed by atoms with Gasteiger partial charge in [-0.15, -0.1) is 0 Å². The van der Waals surface area contributed by atoms with Gasteiger partial charge in [-0.2, -0.15) is 0 Å². The zero-order valence-electron chi connectivity index (χ0n) is 5.83. The van der Waals surface area contributed by atoms with Gasteiger partial charge in [0.1, 0.15) is 6.61 Å². The van der Waals surface area contributed by atoms with Crippen LogP contribution in [0.3, 0.4) is 0 Å². The predicted molar refractivity (Wildman–Crippen MR) is 38.1 cm³/mol. The number of hydrogen-bond acceptors (Lipinski definition) is 3. The minimum absolute atomic E-state index is 0.139. The van der Waals surface area contributed by atoms with E-state index in [1.54, 1.807) is 13.0 Å². The molecular formula is C7H9NO2. The second kappa shape index (κ2) is 3.15. The van der Waals surface area contributed by atoms with E-state index in [-0.39, 0.29) is 11.7 Å². The van der Waals surface area contributed by atoms with Crippen LogP contribution in [0.2, 0.25) is 0 Å². The smallest absolute Gasteiger partial charge is 0.258 e. The molecule has 0 spiro atoms. The minimum Gasteiger partial charge on any atom is -0.473 e. The number of nitrogens with zero attached hydrogens (tertiary/aromatic N) is 1. The molecule has 0 amide bonds. The summed E-state index contributed by atoms with van der Waals surface area (Å²) in [4.78, 5) is 14.8. The average molecular weight is 139 g/mol. The first-order valence-corrected chi connectivity index (χ1v) is 3.19. The van der Waals surface area contributed by atoms with E-state index >= 15 is 0 Å². The molecule has 0 aromatic carbocycles. The van der Waals surface area contributed by atoms with Gasteiger partial charge in [0.25, 0.3) is 5.90 Å². The number of carbonyl (C=O) groups is 1. The van der Waals surface area contributed by atoms with Crippen LogP contribution in [-0.4, -0.2) is 24.8 Å². The Balaban J connectivity index is 2.56. The Morgan fingerprint density at radius 1 is 1.80 bits per heavy atom. The average Bonchev–Trinajstić information content (AvgIpc) is 2.38. The molecule has 0 unspecified atom stereocenters. The molecule has 1 aliphatic rings. The van der Waals surface area contributed by atoms with Gasteiger partial charge in [-0.25, -0.2) is 4.99 Å². The minimum atomic E-state index is -0.139. The largest absolute Gasteiger partial charge is 0.473 e. The predicted octanol–water partition coefficient (Wildman–Crippen LogP) is 0.560. The number of hydrogen-bond donors (Lipinski definition) is 0. The van der Waals surface area contributed by atoms with Gasteiger partial charge < -0.3 is 4.74 Å². The second-order valence-corrected chi connectivity index (χ2v) is 1.90. The standard InChI is InChI=1S/C7H9NO2/c1-2-3-6(9)7-8-4-5-10-7/h2-3H,4-5H2,1H3/b3-2+. The van der Waals surface area contributed by atoms with Crippen molar-refractivity contribution >= 4 is 11.7 Å². The monoisotopic (exact) mass is 139 g/mol. The Morgan fingerprint density at radius 2 is 2.60 bits per heavy atom. The van der Waals surface area contributed by atoms with Crippen molar-refractivity contribution in [1.29, 1.82) is 0 Å². The van der Waals surface area contributed by atoms with Gasteiger partial charge >= 0.3 is 0 Å². The van der Waals surface area contributed by atoms with Crippen LogP contribution in [-0.2, 0) is 9.53 Å². The lowest BCUT2D eigenvalue weighted by atomic mass is 10.3. The third kappa shape index (κ3) is 1.43. The quantitative estimate of drug-likeness (QED) is 0.524. The van der Waals surface area contributed by atoms with Crippen LogP contribution >= 0.6 is 0 Å². The number of ketones is 1. The van der Waals surface area contributed by atoms with Gasteiger partial charge in [-0.1, -0.05) is 6.08 Å². The van der Waals surface area contributed by atoms with Gasteiger partial charge in [0.2, 0.25) is 5.78 Å². The second-order valence-electron chi connectivity index (χ2n) is 1.90. The highest BCUT2D eigenvalue weighted by molar-refractivity contribution is 6.40. The van der Waals surface area contributed by atoms with Crippen molar-refractivity contribution in [3.63, 3.8) is 0 Å². The molecule has 0 saturated carbocycles. The first-order chi connectivity index (χ1) is 4.84. The fourth-order valence-electron chi connectivity index (χ4n) is 0.707. The molecule has 0 atom stereocenters. The molecule has 1 rings (SSSR count). The SMILES string of the molecule is C/C=C/C(=O)C1=NCCO1. The number of allylic oxidation sites excluding steroid dienone is 1. The summed E-state index contributed by atoms with van der Waals surface area (Å²) in [6.45, 7) is 2.94. The highest BCUT2D eigenvalue weighted by atomic mass is 16.5. The summed E-state index contributed by atoms with van der Waals surface area (Å²) in [5.41, 5.74) is 0. The fraction of sp³-hybridized carbons (Fsp3) is 0.429. The van der Waals surface area contributed by atoms with Gasteiger partial charge in [-0.3, -0.25) is 4.79 Å². The van der Waals surface area contributed by atoms with E-state index in [4.69, 9.17) is 4.74 Å². The van der Waals surface area contributed by atoms with E-state index in [0.717, 1.165) is 0 Å². The molecule has 0 aromatic heterocycles.